The molecule has 3 rings (SSSR count). The fraction of sp³-hybridized carbons (Fsp3) is 0.231. The summed E-state index contributed by atoms with van der Waals surface area (Å²) in [6, 6.07) is 8.03. The van der Waals surface area contributed by atoms with Crippen molar-refractivity contribution in [2.75, 3.05) is 7.11 Å². The molecule has 0 aliphatic heterocycles. The summed E-state index contributed by atoms with van der Waals surface area (Å²) in [7, 11) is 1.34. The number of carbonyl (C=O) groups excluding carboxylic acids is 1. The Bertz CT molecular complexity index is 586. The van der Waals surface area contributed by atoms with E-state index in [0.717, 1.165) is 29.7 Å². The third kappa shape index (κ3) is 1.45. The average Bonchev–Trinajstić information content (AvgIpc) is 2.82. The largest absolute Gasteiger partial charge is 0.463 e. The van der Waals surface area contributed by atoms with Gasteiger partial charge in [0.05, 0.1) is 7.11 Å². The number of hydrogen-bond acceptors (Lipinski definition) is 4. The quantitative estimate of drug-likeness (QED) is 0.703. The van der Waals surface area contributed by atoms with Crippen molar-refractivity contribution in [3.05, 3.63) is 41.2 Å². The highest BCUT2D eigenvalue weighted by atomic mass is 16.5. The van der Waals surface area contributed by atoms with E-state index in [4.69, 9.17) is 4.52 Å². The molecule has 1 aliphatic rings. The molecule has 0 atom stereocenters. The zero-order valence-corrected chi connectivity index (χ0v) is 9.40. The lowest BCUT2D eigenvalue weighted by Crippen LogP contribution is -2.08. The lowest BCUT2D eigenvalue weighted by molar-refractivity contribution is 0.0553. The second-order valence-corrected chi connectivity index (χ2v) is 3.99. The summed E-state index contributed by atoms with van der Waals surface area (Å²) in [6.07, 6.45) is 1.66. The molecule has 1 aromatic carbocycles. The zero-order chi connectivity index (χ0) is 11.8. The second kappa shape index (κ2) is 3.73. The number of carbonyl (C=O) groups is 1. The van der Waals surface area contributed by atoms with Crippen LogP contribution in [-0.2, 0) is 17.6 Å². The molecule has 0 saturated heterocycles. The summed E-state index contributed by atoms with van der Waals surface area (Å²) >= 11 is 0. The van der Waals surface area contributed by atoms with Crippen LogP contribution in [-0.4, -0.2) is 18.2 Å². The standard InChI is InChI=1S/C13H11NO3/c1-16-13(15)12-10-7-6-8-4-2-3-5-9(8)11(10)14-17-12/h2-5H,6-7H2,1H3. The van der Waals surface area contributed by atoms with E-state index in [2.05, 4.69) is 16.0 Å². The van der Waals surface area contributed by atoms with Gasteiger partial charge in [-0.2, -0.15) is 0 Å². The topological polar surface area (TPSA) is 52.3 Å². The number of methoxy groups -OCH3 is 1. The number of benzene rings is 1. The van der Waals surface area contributed by atoms with Gasteiger partial charge < -0.3 is 9.26 Å². The molecule has 0 amide bonds. The van der Waals surface area contributed by atoms with E-state index in [9.17, 15) is 4.79 Å². The highest BCUT2D eigenvalue weighted by molar-refractivity contribution is 5.90. The van der Waals surface area contributed by atoms with Gasteiger partial charge in [-0.3, -0.25) is 0 Å². The molecular weight excluding hydrogens is 218 g/mol. The Morgan fingerprint density at radius 2 is 2.18 bits per heavy atom. The average molecular weight is 229 g/mol. The molecule has 4 nitrogen and oxygen atoms in total. The van der Waals surface area contributed by atoms with Crippen molar-refractivity contribution in [3.8, 4) is 11.3 Å². The summed E-state index contributed by atoms with van der Waals surface area (Å²) in [5, 5.41) is 3.99. The molecule has 0 N–H and O–H groups in total. The van der Waals surface area contributed by atoms with Crippen molar-refractivity contribution in [1.82, 2.24) is 5.16 Å². The van der Waals surface area contributed by atoms with Gasteiger partial charge in [-0.25, -0.2) is 4.79 Å². The smallest absolute Gasteiger partial charge is 0.377 e. The Hall–Kier alpha value is -2.10. The van der Waals surface area contributed by atoms with Crippen molar-refractivity contribution < 1.29 is 14.1 Å². The van der Waals surface area contributed by atoms with Crippen LogP contribution < -0.4 is 0 Å². The van der Waals surface area contributed by atoms with E-state index in [1.54, 1.807) is 0 Å². The Labute approximate surface area is 98.2 Å². The molecule has 1 aliphatic carbocycles. The van der Waals surface area contributed by atoms with Crippen LogP contribution in [0.4, 0.5) is 0 Å². The molecule has 1 heterocycles. The third-order valence-electron chi connectivity index (χ3n) is 3.08. The zero-order valence-electron chi connectivity index (χ0n) is 9.40. The van der Waals surface area contributed by atoms with Gasteiger partial charge in [0, 0.05) is 11.1 Å². The first-order valence-corrected chi connectivity index (χ1v) is 5.46. The van der Waals surface area contributed by atoms with E-state index in [-0.39, 0.29) is 5.76 Å². The number of nitrogens with zero attached hydrogens (tertiary/aromatic N) is 1. The van der Waals surface area contributed by atoms with Crippen molar-refractivity contribution in [2.45, 2.75) is 12.8 Å². The molecule has 0 radical (unpaired) electrons. The number of fused-ring (bicyclic) bond motifs is 3. The minimum absolute atomic E-state index is 0.233. The van der Waals surface area contributed by atoms with Crippen LogP contribution in [0.2, 0.25) is 0 Å². The number of ether oxygens (including phenoxy) is 1. The fourth-order valence-corrected chi connectivity index (χ4v) is 2.23. The van der Waals surface area contributed by atoms with Crippen molar-refractivity contribution >= 4 is 5.97 Å². The minimum Gasteiger partial charge on any atom is -0.463 e. The SMILES string of the molecule is COC(=O)c1onc2c1CCc1ccccc1-2. The van der Waals surface area contributed by atoms with Crippen LogP contribution >= 0.6 is 0 Å². The normalized spacial score (nSPS) is 12.8. The number of hydrogen-bond donors (Lipinski definition) is 0. The fourth-order valence-electron chi connectivity index (χ4n) is 2.23. The van der Waals surface area contributed by atoms with E-state index < -0.39 is 5.97 Å². The minimum atomic E-state index is -0.460. The Balaban J connectivity index is 2.16. The molecule has 0 fully saturated rings. The molecular formula is C13H11NO3. The lowest BCUT2D eigenvalue weighted by Gasteiger charge is -2.13. The van der Waals surface area contributed by atoms with Gasteiger partial charge in [0.15, 0.2) is 0 Å². The van der Waals surface area contributed by atoms with E-state index in [0.29, 0.717) is 0 Å². The molecule has 17 heavy (non-hydrogen) atoms. The summed E-state index contributed by atoms with van der Waals surface area (Å²) in [4.78, 5) is 11.5. The summed E-state index contributed by atoms with van der Waals surface area (Å²) in [6.45, 7) is 0. The van der Waals surface area contributed by atoms with Crippen LogP contribution in [0.25, 0.3) is 11.3 Å². The van der Waals surface area contributed by atoms with Gasteiger partial charge in [-0.1, -0.05) is 29.4 Å². The van der Waals surface area contributed by atoms with Crippen molar-refractivity contribution in [1.29, 1.82) is 0 Å². The van der Waals surface area contributed by atoms with Crippen LogP contribution in [0.3, 0.4) is 0 Å². The van der Waals surface area contributed by atoms with Gasteiger partial charge in [-0.15, -0.1) is 0 Å². The van der Waals surface area contributed by atoms with Crippen LogP contribution in [0.1, 0.15) is 21.7 Å². The predicted molar refractivity (Wildman–Crippen MR) is 60.7 cm³/mol. The molecule has 0 bridgehead atoms. The second-order valence-electron chi connectivity index (χ2n) is 3.99. The molecule has 4 heteroatoms. The predicted octanol–water partition coefficient (Wildman–Crippen LogP) is 2.23. The van der Waals surface area contributed by atoms with Crippen molar-refractivity contribution in [2.24, 2.45) is 0 Å². The maximum absolute atomic E-state index is 11.5. The van der Waals surface area contributed by atoms with Crippen LogP contribution in [0.5, 0.6) is 0 Å². The Kier molecular flexibility index (Phi) is 2.21. The Morgan fingerprint density at radius 3 is 3.00 bits per heavy atom. The first-order valence-electron chi connectivity index (χ1n) is 5.46. The van der Waals surface area contributed by atoms with Crippen molar-refractivity contribution in [3.63, 3.8) is 0 Å². The summed E-state index contributed by atoms with van der Waals surface area (Å²) in [5.74, 6) is -0.227. The molecule has 0 saturated carbocycles. The summed E-state index contributed by atoms with van der Waals surface area (Å²) < 4.78 is 9.78. The monoisotopic (exact) mass is 229 g/mol. The maximum atomic E-state index is 11.5. The third-order valence-corrected chi connectivity index (χ3v) is 3.08. The van der Waals surface area contributed by atoms with Gasteiger partial charge in [0.1, 0.15) is 5.69 Å². The van der Waals surface area contributed by atoms with Gasteiger partial charge in [0.25, 0.3) is 0 Å². The Morgan fingerprint density at radius 1 is 1.35 bits per heavy atom. The molecule has 0 unspecified atom stereocenters. The van der Waals surface area contributed by atoms with Gasteiger partial charge in [-0.05, 0) is 18.4 Å². The molecule has 0 spiro atoms. The number of aromatic nitrogens is 1. The molecule has 1 aromatic heterocycles. The van der Waals surface area contributed by atoms with Crippen LogP contribution in [0, 0.1) is 0 Å². The molecule has 2 aromatic rings. The lowest BCUT2D eigenvalue weighted by atomic mass is 9.89. The molecule has 86 valence electrons. The first kappa shape index (κ1) is 10.1. The van der Waals surface area contributed by atoms with E-state index in [1.165, 1.54) is 12.7 Å². The number of esters is 1. The summed E-state index contributed by atoms with van der Waals surface area (Å²) in [5.41, 5.74) is 3.92. The van der Waals surface area contributed by atoms with Gasteiger partial charge >= 0.3 is 5.97 Å². The van der Waals surface area contributed by atoms with Gasteiger partial charge in [0.2, 0.25) is 5.76 Å². The maximum Gasteiger partial charge on any atom is 0.377 e. The van der Waals surface area contributed by atoms with E-state index >= 15 is 0 Å². The van der Waals surface area contributed by atoms with E-state index in [1.807, 2.05) is 18.2 Å². The first-order chi connectivity index (χ1) is 8.31. The number of aryl methyl sites for hydroxylation is 1. The van der Waals surface area contributed by atoms with Crippen LogP contribution in [0.15, 0.2) is 28.8 Å². The number of rotatable bonds is 1. The highest BCUT2D eigenvalue weighted by Crippen LogP contribution is 2.34. The highest BCUT2D eigenvalue weighted by Gasteiger charge is 2.27.